The monoisotopic (exact) mass is 309 g/mol. The van der Waals surface area contributed by atoms with Crippen LogP contribution in [0.2, 0.25) is 0 Å². The topological polar surface area (TPSA) is 87.5 Å². The Morgan fingerprint density at radius 2 is 1.96 bits per heavy atom. The van der Waals surface area contributed by atoms with Gasteiger partial charge >= 0.3 is 7.12 Å². The summed E-state index contributed by atoms with van der Waals surface area (Å²) in [4.78, 5) is 8.43. The summed E-state index contributed by atoms with van der Waals surface area (Å²) in [7, 11) is 0.271. The van der Waals surface area contributed by atoms with Gasteiger partial charge in [0.1, 0.15) is 18.2 Å². The molecule has 3 aromatic rings. The van der Waals surface area contributed by atoms with Crippen LogP contribution in [0.15, 0.2) is 48.8 Å². The van der Waals surface area contributed by atoms with Gasteiger partial charge < -0.3 is 20.1 Å². The first-order chi connectivity index (χ1) is 11.2. The van der Waals surface area contributed by atoms with Gasteiger partial charge in [0.25, 0.3) is 0 Å². The van der Waals surface area contributed by atoms with Gasteiger partial charge in [-0.15, -0.1) is 0 Å². The highest BCUT2D eigenvalue weighted by molar-refractivity contribution is 6.58. The van der Waals surface area contributed by atoms with Crippen molar-refractivity contribution in [1.82, 2.24) is 9.97 Å². The lowest BCUT2D eigenvalue weighted by molar-refractivity contribution is 0.305. The van der Waals surface area contributed by atoms with Crippen LogP contribution < -0.4 is 15.5 Å². The molecule has 23 heavy (non-hydrogen) atoms. The van der Waals surface area contributed by atoms with E-state index in [4.69, 9.17) is 14.8 Å². The van der Waals surface area contributed by atoms with Crippen LogP contribution in [0, 0.1) is 0 Å². The molecule has 0 saturated carbocycles. The van der Waals surface area contributed by atoms with Crippen LogP contribution >= 0.6 is 0 Å². The fourth-order valence-electron chi connectivity index (χ4n) is 2.21. The second-order valence-corrected chi connectivity index (χ2v) is 5.09. The van der Waals surface area contributed by atoms with Gasteiger partial charge in [0.2, 0.25) is 0 Å². The van der Waals surface area contributed by atoms with Crippen molar-refractivity contribution in [3.8, 4) is 5.75 Å². The van der Waals surface area contributed by atoms with Gasteiger partial charge in [0.15, 0.2) is 0 Å². The molecule has 0 aliphatic heterocycles. The summed E-state index contributed by atoms with van der Waals surface area (Å²) < 4.78 is 5.66. The van der Waals surface area contributed by atoms with E-state index >= 15 is 0 Å². The fraction of sp³-hybridized carbons (Fsp3) is 0.125. The SMILES string of the molecule is CNc1ccc2ccc(COc3cncc(B(O)O)c3)cc2n1. The predicted octanol–water partition coefficient (Wildman–Crippen LogP) is 0.930. The van der Waals surface area contributed by atoms with Gasteiger partial charge in [0.05, 0.1) is 11.7 Å². The van der Waals surface area contributed by atoms with Crippen LogP contribution in [0.1, 0.15) is 5.56 Å². The number of nitrogens with zero attached hydrogens (tertiary/aromatic N) is 2. The number of benzene rings is 1. The number of aromatic nitrogens is 2. The Balaban J connectivity index is 1.77. The maximum absolute atomic E-state index is 9.15. The molecule has 6 nitrogen and oxygen atoms in total. The number of ether oxygens (including phenoxy) is 1. The molecule has 0 aliphatic rings. The zero-order valence-corrected chi connectivity index (χ0v) is 12.6. The van der Waals surface area contributed by atoms with Crippen molar-refractivity contribution in [2.75, 3.05) is 12.4 Å². The Morgan fingerprint density at radius 3 is 2.74 bits per heavy atom. The van der Waals surface area contributed by atoms with E-state index < -0.39 is 7.12 Å². The van der Waals surface area contributed by atoms with Crippen LogP contribution in [0.4, 0.5) is 5.82 Å². The van der Waals surface area contributed by atoms with Crippen molar-refractivity contribution in [2.24, 2.45) is 0 Å². The van der Waals surface area contributed by atoms with E-state index in [1.807, 2.05) is 37.4 Å². The molecule has 0 unspecified atom stereocenters. The summed E-state index contributed by atoms with van der Waals surface area (Å²) in [6, 6.07) is 11.4. The van der Waals surface area contributed by atoms with E-state index in [9.17, 15) is 0 Å². The van der Waals surface area contributed by atoms with E-state index in [1.165, 1.54) is 12.4 Å². The van der Waals surface area contributed by atoms with Gasteiger partial charge in [-0.1, -0.05) is 12.1 Å². The van der Waals surface area contributed by atoms with E-state index in [0.29, 0.717) is 17.8 Å². The molecule has 3 N–H and O–H groups in total. The minimum Gasteiger partial charge on any atom is -0.487 e. The maximum Gasteiger partial charge on any atom is 0.490 e. The predicted molar refractivity (Wildman–Crippen MR) is 89.7 cm³/mol. The van der Waals surface area contributed by atoms with Crippen molar-refractivity contribution in [1.29, 1.82) is 0 Å². The molecule has 0 fully saturated rings. The maximum atomic E-state index is 9.15. The second kappa shape index (κ2) is 6.64. The van der Waals surface area contributed by atoms with Gasteiger partial charge in [-0.05, 0) is 29.8 Å². The Morgan fingerprint density at radius 1 is 1.13 bits per heavy atom. The highest BCUT2D eigenvalue weighted by atomic mass is 16.5. The highest BCUT2D eigenvalue weighted by Crippen LogP contribution is 2.18. The first-order valence-electron chi connectivity index (χ1n) is 7.17. The molecule has 2 heterocycles. The number of anilines is 1. The number of pyridine rings is 2. The molecule has 0 amide bonds. The average Bonchev–Trinajstić information content (AvgIpc) is 2.59. The molecule has 0 radical (unpaired) electrons. The molecule has 0 aliphatic carbocycles. The highest BCUT2D eigenvalue weighted by Gasteiger charge is 2.12. The summed E-state index contributed by atoms with van der Waals surface area (Å²) in [6.07, 6.45) is 2.92. The summed E-state index contributed by atoms with van der Waals surface area (Å²) in [6.45, 7) is 0.341. The lowest BCUT2D eigenvalue weighted by Gasteiger charge is -2.08. The first-order valence-corrected chi connectivity index (χ1v) is 7.17. The summed E-state index contributed by atoms with van der Waals surface area (Å²) in [5.41, 5.74) is 2.14. The second-order valence-electron chi connectivity index (χ2n) is 5.09. The van der Waals surface area contributed by atoms with Gasteiger partial charge in [-0.25, -0.2) is 4.98 Å². The normalized spacial score (nSPS) is 10.6. The summed E-state index contributed by atoms with van der Waals surface area (Å²) in [5, 5.41) is 22.4. The van der Waals surface area contributed by atoms with Gasteiger partial charge in [-0.3, -0.25) is 4.98 Å². The lowest BCUT2D eigenvalue weighted by Crippen LogP contribution is -2.30. The number of rotatable bonds is 5. The molecule has 0 saturated heterocycles. The van der Waals surface area contributed by atoms with Crippen molar-refractivity contribution in [2.45, 2.75) is 6.61 Å². The Bertz CT molecular complexity index is 827. The minimum atomic E-state index is -1.56. The molecular formula is C16H16BN3O3. The van der Waals surface area contributed by atoms with Crippen LogP contribution in [-0.4, -0.2) is 34.2 Å². The summed E-state index contributed by atoms with van der Waals surface area (Å²) >= 11 is 0. The zero-order chi connectivity index (χ0) is 16.2. The van der Waals surface area contributed by atoms with Crippen LogP contribution in [-0.2, 0) is 6.61 Å². The molecule has 3 rings (SSSR count). The van der Waals surface area contributed by atoms with Gasteiger partial charge in [0, 0.05) is 24.1 Å². The largest absolute Gasteiger partial charge is 0.490 e. The first kappa shape index (κ1) is 15.3. The Labute approximate surface area is 133 Å². The van der Waals surface area contributed by atoms with Crippen molar-refractivity contribution in [3.05, 3.63) is 54.4 Å². The number of hydrogen-bond donors (Lipinski definition) is 3. The van der Waals surface area contributed by atoms with Crippen LogP contribution in [0.5, 0.6) is 5.75 Å². The zero-order valence-electron chi connectivity index (χ0n) is 12.6. The van der Waals surface area contributed by atoms with E-state index in [-0.39, 0.29) is 0 Å². The average molecular weight is 309 g/mol. The summed E-state index contributed by atoms with van der Waals surface area (Å²) in [5.74, 6) is 1.29. The fourth-order valence-corrected chi connectivity index (χ4v) is 2.21. The third kappa shape index (κ3) is 3.58. The van der Waals surface area contributed by atoms with Crippen molar-refractivity contribution < 1.29 is 14.8 Å². The molecule has 0 bridgehead atoms. The quantitative estimate of drug-likeness (QED) is 0.608. The third-order valence-electron chi connectivity index (χ3n) is 3.45. The van der Waals surface area contributed by atoms with E-state index in [1.54, 1.807) is 6.07 Å². The van der Waals surface area contributed by atoms with E-state index in [0.717, 1.165) is 22.3 Å². The third-order valence-corrected chi connectivity index (χ3v) is 3.45. The molecule has 0 spiro atoms. The Kier molecular flexibility index (Phi) is 4.41. The molecular weight excluding hydrogens is 293 g/mol. The standard InChI is InChI=1S/C16H16BN3O3/c1-18-16-5-4-12-3-2-11(6-15(12)20-16)10-23-14-7-13(17(21)22)8-19-9-14/h2-9,21-22H,10H2,1H3,(H,18,20). The Hall–Kier alpha value is -2.64. The van der Waals surface area contributed by atoms with Crippen LogP contribution in [0.3, 0.4) is 0 Å². The molecule has 2 aromatic heterocycles. The number of fused-ring (bicyclic) bond motifs is 1. The molecule has 0 atom stereocenters. The van der Waals surface area contributed by atoms with E-state index in [2.05, 4.69) is 15.3 Å². The lowest BCUT2D eigenvalue weighted by atomic mass is 9.82. The van der Waals surface area contributed by atoms with Crippen LogP contribution in [0.25, 0.3) is 10.9 Å². The number of hydrogen-bond acceptors (Lipinski definition) is 6. The molecule has 7 heteroatoms. The molecule has 116 valence electrons. The van der Waals surface area contributed by atoms with Crippen molar-refractivity contribution in [3.63, 3.8) is 0 Å². The smallest absolute Gasteiger partial charge is 0.487 e. The minimum absolute atomic E-state index is 0.293. The molecule has 1 aromatic carbocycles. The van der Waals surface area contributed by atoms with Crippen molar-refractivity contribution >= 4 is 29.3 Å². The van der Waals surface area contributed by atoms with Gasteiger partial charge in [-0.2, -0.15) is 0 Å². The number of nitrogens with one attached hydrogen (secondary N) is 1.